The maximum atomic E-state index is 12.9. The van der Waals surface area contributed by atoms with Gasteiger partial charge < -0.3 is 15.1 Å². The van der Waals surface area contributed by atoms with Crippen molar-refractivity contribution in [3.63, 3.8) is 0 Å². The van der Waals surface area contributed by atoms with Crippen LogP contribution in [0, 0.1) is 0 Å². The van der Waals surface area contributed by atoms with E-state index in [1.54, 1.807) is 0 Å². The smallest absolute Gasteiger partial charge is 0.420 e. The van der Waals surface area contributed by atoms with Crippen molar-refractivity contribution in [1.82, 2.24) is 4.90 Å². The normalized spacial score (nSPS) is 16.2. The van der Waals surface area contributed by atoms with Gasteiger partial charge in [0.1, 0.15) is 0 Å². The molecule has 0 aliphatic carbocycles. The molecule has 1 heterocycles. The van der Waals surface area contributed by atoms with Gasteiger partial charge in [-0.05, 0) is 12.1 Å². The molecule has 0 unspecified atom stereocenters. The van der Waals surface area contributed by atoms with Crippen molar-refractivity contribution in [2.24, 2.45) is 0 Å². The SMILES string of the molecule is O=C1N(CCO)CCN1c1cc(C(F)(F)F)cc(C(F)(F)F)c1O. The van der Waals surface area contributed by atoms with Crippen LogP contribution in [0.4, 0.5) is 36.8 Å². The second-order valence-corrected chi connectivity index (χ2v) is 5.03. The molecule has 1 aliphatic heterocycles. The summed E-state index contributed by atoms with van der Waals surface area (Å²) >= 11 is 0. The minimum Gasteiger partial charge on any atom is -0.505 e. The monoisotopic (exact) mass is 358 g/mol. The van der Waals surface area contributed by atoms with Crippen LogP contribution in [0.3, 0.4) is 0 Å². The van der Waals surface area contributed by atoms with Gasteiger partial charge in [0.25, 0.3) is 0 Å². The molecule has 0 aromatic heterocycles. The molecule has 11 heteroatoms. The van der Waals surface area contributed by atoms with Crippen molar-refractivity contribution in [3.05, 3.63) is 23.3 Å². The molecule has 1 saturated heterocycles. The van der Waals surface area contributed by atoms with E-state index in [0.717, 1.165) is 4.90 Å². The first-order valence-corrected chi connectivity index (χ1v) is 6.65. The molecule has 0 atom stereocenters. The third-order valence-electron chi connectivity index (χ3n) is 3.48. The fraction of sp³-hybridized carbons (Fsp3) is 0.462. The van der Waals surface area contributed by atoms with Gasteiger partial charge in [0, 0.05) is 19.6 Å². The van der Waals surface area contributed by atoms with Crippen LogP contribution in [0.5, 0.6) is 5.75 Å². The second-order valence-electron chi connectivity index (χ2n) is 5.03. The van der Waals surface area contributed by atoms with Gasteiger partial charge in [-0.3, -0.25) is 4.90 Å². The Labute approximate surface area is 131 Å². The van der Waals surface area contributed by atoms with Crippen molar-refractivity contribution in [2.45, 2.75) is 12.4 Å². The minimum atomic E-state index is -5.23. The predicted octanol–water partition coefficient (Wildman–Crippen LogP) is 2.66. The van der Waals surface area contributed by atoms with Crippen molar-refractivity contribution >= 4 is 11.7 Å². The molecule has 134 valence electrons. The van der Waals surface area contributed by atoms with E-state index in [-0.39, 0.29) is 25.7 Å². The van der Waals surface area contributed by atoms with Gasteiger partial charge in [0.2, 0.25) is 0 Å². The van der Waals surface area contributed by atoms with Crippen LogP contribution < -0.4 is 4.90 Å². The number of rotatable bonds is 3. The molecule has 24 heavy (non-hydrogen) atoms. The molecule has 1 aliphatic rings. The number of halogens is 6. The molecule has 2 N–H and O–H groups in total. The predicted molar refractivity (Wildman–Crippen MR) is 69.5 cm³/mol. The van der Waals surface area contributed by atoms with E-state index in [1.807, 2.05) is 0 Å². The summed E-state index contributed by atoms with van der Waals surface area (Å²) in [5.74, 6) is -1.45. The zero-order chi connectivity index (χ0) is 18.3. The lowest BCUT2D eigenvalue weighted by molar-refractivity contribution is -0.143. The van der Waals surface area contributed by atoms with E-state index in [1.165, 1.54) is 0 Å². The summed E-state index contributed by atoms with van der Waals surface area (Å²) in [7, 11) is 0. The number of phenolic OH excluding ortho intramolecular Hbond substituents is 1. The molecular weight excluding hydrogens is 346 g/mol. The number of carbonyl (C=O) groups is 1. The average Bonchev–Trinajstić information content (AvgIpc) is 2.78. The van der Waals surface area contributed by atoms with E-state index in [4.69, 9.17) is 5.11 Å². The first kappa shape index (κ1) is 18.2. The Hall–Kier alpha value is -2.17. The van der Waals surface area contributed by atoms with Crippen LogP contribution in [0.25, 0.3) is 0 Å². The van der Waals surface area contributed by atoms with Crippen LogP contribution in [0.1, 0.15) is 11.1 Å². The quantitative estimate of drug-likeness (QED) is 0.817. The summed E-state index contributed by atoms with van der Waals surface area (Å²) < 4.78 is 77.3. The Morgan fingerprint density at radius 2 is 1.67 bits per heavy atom. The maximum absolute atomic E-state index is 12.9. The number of hydrogen-bond donors (Lipinski definition) is 2. The van der Waals surface area contributed by atoms with Crippen molar-refractivity contribution in [1.29, 1.82) is 0 Å². The number of aliphatic hydroxyl groups is 1. The summed E-state index contributed by atoms with van der Waals surface area (Å²) in [5.41, 5.74) is -4.38. The van der Waals surface area contributed by atoms with Crippen LogP contribution >= 0.6 is 0 Å². The zero-order valence-electron chi connectivity index (χ0n) is 11.9. The molecule has 2 rings (SSSR count). The molecule has 1 aromatic carbocycles. The molecule has 5 nitrogen and oxygen atoms in total. The van der Waals surface area contributed by atoms with Gasteiger partial charge in [0.05, 0.1) is 23.4 Å². The number of aromatic hydroxyl groups is 1. The third kappa shape index (κ3) is 3.35. The molecule has 0 bridgehead atoms. The van der Waals surface area contributed by atoms with E-state index in [2.05, 4.69) is 0 Å². The summed E-state index contributed by atoms with van der Waals surface area (Å²) in [6.45, 7) is -0.759. The number of nitrogens with zero attached hydrogens (tertiary/aromatic N) is 2. The van der Waals surface area contributed by atoms with Crippen LogP contribution in [-0.2, 0) is 12.4 Å². The van der Waals surface area contributed by atoms with Gasteiger partial charge in [-0.1, -0.05) is 0 Å². The Morgan fingerprint density at radius 1 is 1.04 bits per heavy atom. The van der Waals surface area contributed by atoms with Gasteiger partial charge in [0.15, 0.2) is 5.75 Å². The lowest BCUT2D eigenvalue weighted by atomic mass is 10.1. The highest BCUT2D eigenvalue weighted by Crippen LogP contribution is 2.45. The van der Waals surface area contributed by atoms with E-state index in [9.17, 15) is 36.2 Å². The van der Waals surface area contributed by atoms with E-state index < -0.39 is 47.6 Å². The highest BCUT2D eigenvalue weighted by molar-refractivity contribution is 5.96. The number of amides is 2. The number of β-amino-alcohol motifs (C(OH)–C–C–N with tert-alkyl or cyclic N) is 1. The Morgan fingerprint density at radius 3 is 2.17 bits per heavy atom. The van der Waals surface area contributed by atoms with Crippen LogP contribution in [0.15, 0.2) is 12.1 Å². The zero-order valence-corrected chi connectivity index (χ0v) is 11.9. The van der Waals surface area contributed by atoms with Crippen molar-refractivity contribution in [2.75, 3.05) is 31.1 Å². The third-order valence-corrected chi connectivity index (χ3v) is 3.48. The van der Waals surface area contributed by atoms with Crippen molar-refractivity contribution in [3.8, 4) is 5.75 Å². The summed E-state index contributed by atoms with van der Waals surface area (Å²) in [6, 6.07) is -0.803. The Balaban J connectivity index is 2.56. The maximum Gasteiger partial charge on any atom is 0.420 e. The van der Waals surface area contributed by atoms with Crippen LogP contribution in [0.2, 0.25) is 0 Å². The average molecular weight is 358 g/mol. The largest absolute Gasteiger partial charge is 0.505 e. The lowest BCUT2D eigenvalue weighted by Crippen LogP contribution is -2.33. The second kappa shape index (κ2) is 6.04. The Bertz CT molecular complexity index is 644. The molecule has 1 fully saturated rings. The summed E-state index contributed by atoms with van der Waals surface area (Å²) in [4.78, 5) is 13.7. The topological polar surface area (TPSA) is 64.0 Å². The van der Waals surface area contributed by atoms with E-state index >= 15 is 0 Å². The first-order valence-electron chi connectivity index (χ1n) is 6.65. The fourth-order valence-electron chi connectivity index (χ4n) is 2.34. The number of alkyl halides is 6. The number of phenols is 1. The van der Waals surface area contributed by atoms with Crippen LogP contribution in [-0.4, -0.2) is 47.4 Å². The standard InChI is InChI=1S/C13H12F6N2O3/c14-12(15,16)7-5-8(13(17,18)19)10(23)9(6-7)21-2-1-20(3-4-22)11(21)24/h5-6,22-23H,1-4H2. The molecule has 0 spiro atoms. The molecule has 0 saturated carbocycles. The van der Waals surface area contributed by atoms with Crippen molar-refractivity contribution < 1.29 is 41.4 Å². The molecule has 1 aromatic rings. The fourth-order valence-corrected chi connectivity index (χ4v) is 2.34. The van der Waals surface area contributed by atoms with Gasteiger partial charge in [-0.15, -0.1) is 0 Å². The number of aliphatic hydroxyl groups excluding tert-OH is 1. The number of urea groups is 1. The highest BCUT2D eigenvalue weighted by atomic mass is 19.4. The van der Waals surface area contributed by atoms with Gasteiger partial charge >= 0.3 is 18.4 Å². The molecular formula is C13H12F6N2O3. The molecule has 0 radical (unpaired) electrons. The van der Waals surface area contributed by atoms with Gasteiger partial charge in [-0.25, -0.2) is 4.79 Å². The first-order chi connectivity index (χ1) is 11.0. The number of benzene rings is 1. The summed E-state index contributed by atoms with van der Waals surface area (Å²) in [6.07, 6.45) is -10.3. The number of anilines is 1. The Kier molecular flexibility index (Phi) is 4.57. The summed E-state index contributed by atoms with van der Waals surface area (Å²) in [5, 5.41) is 18.6. The van der Waals surface area contributed by atoms with E-state index in [0.29, 0.717) is 11.0 Å². The number of hydrogen-bond acceptors (Lipinski definition) is 3. The molecule has 2 amide bonds. The minimum absolute atomic E-state index is 0.00354. The van der Waals surface area contributed by atoms with Gasteiger partial charge in [-0.2, -0.15) is 26.3 Å². The highest BCUT2D eigenvalue weighted by Gasteiger charge is 2.42. The number of carbonyl (C=O) groups excluding carboxylic acids is 1. The lowest BCUT2D eigenvalue weighted by Gasteiger charge is -2.22.